The lowest BCUT2D eigenvalue weighted by atomic mass is 10.1. The summed E-state index contributed by atoms with van der Waals surface area (Å²) in [6.45, 7) is 23.6. The van der Waals surface area contributed by atoms with Crippen molar-refractivity contribution in [3.63, 3.8) is 0 Å². The molecule has 0 aliphatic rings. The first-order chi connectivity index (χ1) is 29.3. The topological polar surface area (TPSA) is 301 Å². The Morgan fingerprint density at radius 3 is 2.03 bits per heavy atom. The number of imidazole rings is 1. The van der Waals surface area contributed by atoms with Gasteiger partial charge >= 0.3 is 7.82 Å². The highest BCUT2D eigenvalue weighted by molar-refractivity contribution is 7.46. The number of carbonyl (C=O) groups is 5. The fourth-order valence-corrected chi connectivity index (χ4v) is 5.65. The van der Waals surface area contributed by atoms with Gasteiger partial charge in [0.2, 0.25) is 30.5 Å². The number of phosphoric acid groups is 1. The van der Waals surface area contributed by atoms with Crippen molar-refractivity contribution >= 4 is 38.4 Å². The summed E-state index contributed by atoms with van der Waals surface area (Å²) in [6.07, 6.45) is 9.32. The number of hydrogen-bond donors (Lipinski definition) is 9. The van der Waals surface area contributed by atoms with Crippen LogP contribution in [0.25, 0.3) is 0 Å². The monoisotopic (exact) mass is 906 g/mol. The molecule has 5 amide bonds. The van der Waals surface area contributed by atoms with E-state index < -0.39 is 26.0 Å². The summed E-state index contributed by atoms with van der Waals surface area (Å²) in [6, 6.07) is 4.49. The summed E-state index contributed by atoms with van der Waals surface area (Å²) in [5, 5.41) is 26.8. The Morgan fingerprint density at radius 1 is 0.968 bits per heavy atom. The summed E-state index contributed by atoms with van der Waals surface area (Å²) in [5.41, 5.74) is 6.30. The molecule has 0 spiro atoms. The van der Waals surface area contributed by atoms with Crippen LogP contribution in [0.5, 0.6) is 0 Å². The van der Waals surface area contributed by atoms with Gasteiger partial charge in [-0.25, -0.2) is 9.55 Å². The number of pyridine rings is 1. The number of nitrogens with two attached hydrogens (primary N) is 1. The Hall–Kier alpha value is -4.30. The molecule has 2 aromatic heterocycles. The highest BCUT2D eigenvalue weighted by atomic mass is 31.2. The van der Waals surface area contributed by atoms with Crippen LogP contribution in [0.2, 0.25) is 0 Å². The molecule has 360 valence electrons. The lowest BCUT2D eigenvalue weighted by Crippen LogP contribution is -2.48. The second kappa shape index (κ2) is 40.8. The van der Waals surface area contributed by atoms with Crippen LogP contribution in [0, 0.1) is 5.92 Å². The number of aliphatic hydroxyl groups is 2. The zero-order valence-electron chi connectivity index (χ0n) is 39.1. The third-order valence-electron chi connectivity index (χ3n) is 7.86. The van der Waals surface area contributed by atoms with E-state index in [1.807, 2.05) is 64.3 Å². The van der Waals surface area contributed by atoms with Crippen LogP contribution in [0.4, 0.5) is 0 Å². The predicted molar refractivity (Wildman–Crippen MR) is 241 cm³/mol. The van der Waals surface area contributed by atoms with Gasteiger partial charge in [-0.15, -0.1) is 0 Å². The van der Waals surface area contributed by atoms with Crippen molar-refractivity contribution < 1.29 is 53.1 Å². The molecule has 62 heavy (non-hydrogen) atoms. The van der Waals surface area contributed by atoms with Gasteiger partial charge in [-0.3, -0.25) is 33.5 Å². The molecular formula is C41H80N9O11P. The molecule has 0 saturated heterocycles. The average molecular weight is 906 g/mol. The number of amides is 5. The number of aromatic nitrogens is 3. The molecule has 2 aromatic rings. The van der Waals surface area contributed by atoms with Crippen molar-refractivity contribution in [2.24, 2.45) is 11.7 Å². The fourth-order valence-electron chi connectivity index (χ4n) is 5.03. The van der Waals surface area contributed by atoms with Crippen molar-refractivity contribution in [2.75, 3.05) is 26.4 Å². The fraction of sp³-hybridized carbons (Fsp3) is 0.683. The van der Waals surface area contributed by atoms with E-state index in [0.717, 1.165) is 43.6 Å². The van der Waals surface area contributed by atoms with Crippen LogP contribution in [0.3, 0.4) is 0 Å². The number of nitrogens with one attached hydrogen (secondary N) is 4. The summed E-state index contributed by atoms with van der Waals surface area (Å²) in [4.78, 5) is 82.8. The van der Waals surface area contributed by atoms with Crippen molar-refractivity contribution in [3.8, 4) is 0 Å². The Kier molecular flexibility index (Phi) is 42.3. The van der Waals surface area contributed by atoms with Crippen molar-refractivity contribution in [3.05, 3.63) is 48.3 Å². The van der Waals surface area contributed by atoms with E-state index in [1.54, 1.807) is 37.5 Å². The quantitative estimate of drug-likeness (QED) is 0.0440. The van der Waals surface area contributed by atoms with E-state index in [-0.39, 0.29) is 49.7 Å². The largest absolute Gasteiger partial charge is 0.469 e. The number of aryl methyl sites for hydroxylation is 2. The molecule has 0 bridgehead atoms. The number of nitrogens with zero attached hydrogens (tertiary/aromatic N) is 4. The van der Waals surface area contributed by atoms with Gasteiger partial charge in [-0.2, -0.15) is 0 Å². The van der Waals surface area contributed by atoms with Gasteiger partial charge in [0.15, 0.2) is 0 Å². The van der Waals surface area contributed by atoms with Crippen molar-refractivity contribution in [2.45, 2.75) is 152 Å². The molecule has 0 aliphatic carbocycles. The Labute approximate surface area is 369 Å². The average Bonchev–Trinajstić information content (AvgIpc) is 3.65. The van der Waals surface area contributed by atoms with Crippen LogP contribution in [-0.4, -0.2) is 127 Å². The zero-order valence-corrected chi connectivity index (χ0v) is 40.0. The van der Waals surface area contributed by atoms with Crippen LogP contribution in [0.15, 0.2) is 36.9 Å². The molecule has 0 fully saturated rings. The molecule has 20 nitrogen and oxygen atoms in total. The van der Waals surface area contributed by atoms with Gasteiger partial charge in [0.05, 0.1) is 38.4 Å². The molecule has 0 aromatic carbocycles. The minimum absolute atomic E-state index is 0.0430. The SMILES string of the molecule is CC.CC.CC(CO)NC(=O)[C@H](Cc1cncn1CCCc1ccccn1)NC=O.CC(OP(=O)(O)O)[C@@H](C)NC=O.CCCN(CC(=O)N[C@H](C)CC(C)C)C(C)=O.NCO. The lowest BCUT2D eigenvalue weighted by molar-refractivity contribution is -0.134. The van der Waals surface area contributed by atoms with Crippen molar-refractivity contribution in [1.82, 2.24) is 40.7 Å². The molecule has 5 atom stereocenters. The van der Waals surface area contributed by atoms with Crippen LogP contribution in [-0.2, 0) is 52.4 Å². The first-order valence-electron chi connectivity index (χ1n) is 21.1. The molecule has 0 radical (unpaired) electrons. The maximum atomic E-state index is 12.3. The Bertz CT molecular complexity index is 1470. The first-order valence-corrected chi connectivity index (χ1v) is 22.6. The first kappa shape index (κ1) is 64.3. The van der Waals surface area contributed by atoms with Crippen LogP contribution >= 0.6 is 7.82 Å². The van der Waals surface area contributed by atoms with Crippen LogP contribution in [0.1, 0.15) is 114 Å². The number of hydrogen-bond acceptors (Lipinski definition) is 12. The standard InChI is InChI=1S/C18H25N5O3.C13H26N2O2.C5H12NO5P.2C2H6.CH5NO/c1-14(11-24)22-18(26)17(21-13-25)9-16-10-19-12-23(16)8-4-6-15-5-2-3-7-20-15;1-6-7-15(12(5)16)9-13(17)14-11(4)8-10(2)3;1-4(6-3-7)5(2)11-12(8,9)10;2*1-2;2-1-3/h2-3,5,7,10,12-14,17,24H,4,6,8-9,11H2,1H3,(H,21,25)(H,22,26);10-11H,6-9H2,1-5H3,(H,14,17);3-5H,1-2H3,(H,6,7)(H2,8,9,10);2*1-2H3;3H,1-2H2/t14?,17-;11-;4-,5?;;;/m011.../s1. The normalized spacial score (nSPS) is 12.5. The highest BCUT2D eigenvalue weighted by Crippen LogP contribution is 2.37. The molecular weight excluding hydrogens is 825 g/mol. The molecule has 0 saturated carbocycles. The third-order valence-corrected chi connectivity index (χ3v) is 8.47. The second-order valence-corrected chi connectivity index (χ2v) is 14.9. The number of carbonyl (C=O) groups excluding carboxylic acids is 5. The Morgan fingerprint density at radius 2 is 1.56 bits per heavy atom. The predicted octanol–water partition coefficient (Wildman–Crippen LogP) is 2.43. The smallest absolute Gasteiger partial charge is 0.394 e. The summed E-state index contributed by atoms with van der Waals surface area (Å²) in [7, 11) is -4.46. The van der Waals surface area contributed by atoms with Gasteiger partial charge in [0, 0.05) is 62.3 Å². The van der Waals surface area contributed by atoms with Gasteiger partial charge in [0.1, 0.15) is 6.04 Å². The zero-order chi connectivity index (χ0) is 48.7. The maximum Gasteiger partial charge on any atom is 0.469 e. The molecule has 2 heterocycles. The van der Waals surface area contributed by atoms with Gasteiger partial charge < -0.3 is 56.5 Å². The second-order valence-electron chi connectivity index (χ2n) is 13.7. The summed E-state index contributed by atoms with van der Waals surface area (Å²) < 4.78 is 16.6. The van der Waals surface area contributed by atoms with E-state index in [4.69, 9.17) is 20.0 Å². The third kappa shape index (κ3) is 36.4. The van der Waals surface area contributed by atoms with Crippen LogP contribution < -0.4 is 27.0 Å². The molecule has 21 heteroatoms. The number of rotatable bonds is 23. The van der Waals surface area contributed by atoms with Gasteiger partial charge in [0.25, 0.3) is 0 Å². The summed E-state index contributed by atoms with van der Waals surface area (Å²) in [5.74, 6) is 0.116. The summed E-state index contributed by atoms with van der Waals surface area (Å²) >= 11 is 0. The van der Waals surface area contributed by atoms with E-state index in [0.29, 0.717) is 31.7 Å². The van der Waals surface area contributed by atoms with Gasteiger partial charge in [-0.1, -0.05) is 54.5 Å². The molecule has 10 N–H and O–H groups in total. The molecule has 2 unspecified atom stereocenters. The number of aliphatic hydroxyl groups excluding tert-OH is 2. The van der Waals surface area contributed by atoms with E-state index >= 15 is 0 Å². The number of phosphoric ester groups is 1. The van der Waals surface area contributed by atoms with Gasteiger partial charge in [-0.05, 0) is 71.4 Å². The minimum Gasteiger partial charge on any atom is -0.394 e. The maximum absolute atomic E-state index is 12.3. The van der Waals surface area contributed by atoms with Crippen molar-refractivity contribution in [1.29, 1.82) is 0 Å². The van der Waals surface area contributed by atoms with E-state index in [2.05, 4.69) is 55.3 Å². The highest BCUT2D eigenvalue weighted by Gasteiger charge is 2.23. The lowest BCUT2D eigenvalue weighted by Gasteiger charge is -2.22. The minimum atomic E-state index is -4.46. The molecule has 2 rings (SSSR count). The van der Waals surface area contributed by atoms with E-state index in [9.17, 15) is 28.5 Å². The Balaban J connectivity index is -0.000000404. The molecule has 0 aliphatic heterocycles. The van der Waals surface area contributed by atoms with E-state index in [1.165, 1.54) is 13.8 Å².